The van der Waals surface area contributed by atoms with Crippen LogP contribution in [0.4, 0.5) is 11.5 Å². The molecule has 0 radical (unpaired) electrons. The summed E-state index contributed by atoms with van der Waals surface area (Å²) in [7, 11) is 1.50. The maximum atomic E-state index is 12.2. The van der Waals surface area contributed by atoms with E-state index in [2.05, 4.69) is 10.3 Å². The third-order valence-electron chi connectivity index (χ3n) is 2.66. The molecule has 1 heterocycles. The van der Waals surface area contributed by atoms with Gasteiger partial charge in [-0.1, -0.05) is 12.1 Å². The summed E-state index contributed by atoms with van der Waals surface area (Å²) in [4.78, 5) is 16.3. The molecule has 0 aliphatic heterocycles. The molecule has 5 nitrogen and oxygen atoms in total. The largest absolute Gasteiger partial charge is 0.496 e. The van der Waals surface area contributed by atoms with Gasteiger partial charge in [0.1, 0.15) is 17.1 Å². The van der Waals surface area contributed by atoms with Gasteiger partial charge in [0.15, 0.2) is 0 Å². The van der Waals surface area contributed by atoms with E-state index in [1.807, 2.05) is 13.0 Å². The van der Waals surface area contributed by atoms with Crippen molar-refractivity contribution in [2.75, 3.05) is 18.2 Å². The SMILES string of the molecule is COc1cccc(N)c1C(=O)Nc1ccc(C)cn1. The van der Waals surface area contributed by atoms with E-state index in [1.165, 1.54) is 7.11 Å². The highest BCUT2D eigenvalue weighted by Gasteiger charge is 2.16. The summed E-state index contributed by atoms with van der Waals surface area (Å²) in [6.45, 7) is 1.93. The highest BCUT2D eigenvalue weighted by Crippen LogP contribution is 2.24. The van der Waals surface area contributed by atoms with E-state index in [-0.39, 0.29) is 5.91 Å². The van der Waals surface area contributed by atoms with E-state index < -0.39 is 0 Å². The van der Waals surface area contributed by atoms with E-state index in [9.17, 15) is 4.79 Å². The Morgan fingerprint density at radius 3 is 2.74 bits per heavy atom. The van der Waals surface area contributed by atoms with Crippen LogP contribution in [0.15, 0.2) is 36.5 Å². The Morgan fingerprint density at radius 2 is 2.11 bits per heavy atom. The van der Waals surface area contributed by atoms with Crippen molar-refractivity contribution in [1.82, 2.24) is 4.98 Å². The van der Waals surface area contributed by atoms with Crippen LogP contribution in [-0.2, 0) is 0 Å². The normalized spacial score (nSPS) is 10.0. The molecule has 0 aliphatic carbocycles. The molecule has 5 heteroatoms. The van der Waals surface area contributed by atoms with Crippen molar-refractivity contribution in [3.8, 4) is 5.75 Å². The van der Waals surface area contributed by atoms with Crippen molar-refractivity contribution >= 4 is 17.4 Å². The molecule has 0 saturated carbocycles. The van der Waals surface area contributed by atoms with Gasteiger partial charge in [0, 0.05) is 11.9 Å². The number of pyridine rings is 1. The molecule has 2 aromatic rings. The lowest BCUT2D eigenvalue weighted by Crippen LogP contribution is -2.16. The lowest BCUT2D eigenvalue weighted by molar-refractivity contribution is 0.102. The zero-order chi connectivity index (χ0) is 13.8. The number of methoxy groups -OCH3 is 1. The quantitative estimate of drug-likeness (QED) is 0.827. The van der Waals surface area contributed by atoms with E-state index in [0.29, 0.717) is 22.8 Å². The zero-order valence-electron chi connectivity index (χ0n) is 10.8. The van der Waals surface area contributed by atoms with Crippen LogP contribution < -0.4 is 15.8 Å². The summed E-state index contributed by atoms with van der Waals surface area (Å²) in [5, 5.41) is 2.69. The second-order valence-corrected chi connectivity index (χ2v) is 4.10. The van der Waals surface area contributed by atoms with Crippen molar-refractivity contribution in [1.29, 1.82) is 0 Å². The lowest BCUT2D eigenvalue weighted by atomic mass is 10.1. The van der Waals surface area contributed by atoms with E-state index in [4.69, 9.17) is 10.5 Å². The summed E-state index contributed by atoms with van der Waals surface area (Å²) in [5.41, 5.74) is 7.51. The number of rotatable bonds is 3. The third-order valence-corrected chi connectivity index (χ3v) is 2.66. The number of aromatic nitrogens is 1. The Balaban J connectivity index is 2.27. The molecule has 3 N–H and O–H groups in total. The number of ether oxygens (including phenoxy) is 1. The maximum Gasteiger partial charge on any atom is 0.262 e. The number of hydrogen-bond acceptors (Lipinski definition) is 4. The van der Waals surface area contributed by atoms with Crippen LogP contribution in [0.3, 0.4) is 0 Å². The molecule has 1 aromatic heterocycles. The summed E-state index contributed by atoms with van der Waals surface area (Å²) >= 11 is 0. The zero-order valence-corrected chi connectivity index (χ0v) is 10.8. The number of benzene rings is 1. The lowest BCUT2D eigenvalue weighted by Gasteiger charge is -2.11. The van der Waals surface area contributed by atoms with Gasteiger partial charge in [-0.3, -0.25) is 4.79 Å². The summed E-state index contributed by atoms with van der Waals surface area (Å²) in [6, 6.07) is 8.68. The average molecular weight is 257 g/mol. The minimum Gasteiger partial charge on any atom is -0.496 e. The van der Waals surface area contributed by atoms with Gasteiger partial charge in [-0.25, -0.2) is 4.98 Å². The molecule has 0 saturated heterocycles. The van der Waals surface area contributed by atoms with E-state index in [0.717, 1.165) is 5.56 Å². The molecule has 0 spiro atoms. The molecule has 98 valence electrons. The van der Waals surface area contributed by atoms with Crippen molar-refractivity contribution < 1.29 is 9.53 Å². The third kappa shape index (κ3) is 2.82. The minimum atomic E-state index is -0.341. The van der Waals surface area contributed by atoms with Crippen LogP contribution in [0, 0.1) is 6.92 Å². The van der Waals surface area contributed by atoms with Crippen LogP contribution in [-0.4, -0.2) is 18.0 Å². The topological polar surface area (TPSA) is 77.2 Å². The number of carbonyl (C=O) groups is 1. The van der Waals surface area contributed by atoms with Gasteiger partial charge in [0.05, 0.1) is 7.11 Å². The molecule has 1 aromatic carbocycles. The first-order valence-electron chi connectivity index (χ1n) is 5.78. The minimum absolute atomic E-state index is 0.312. The molecular weight excluding hydrogens is 242 g/mol. The number of aryl methyl sites for hydroxylation is 1. The average Bonchev–Trinajstić information content (AvgIpc) is 2.40. The first kappa shape index (κ1) is 12.9. The molecule has 1 amide bonds. The highest BCUT2D eigenvalue weighted by atomic mass is 16.5. The van der Waals surface area contributed by atoms with Gasteiger partial charge >= 0.3 is 0 Å². The predicted octanol–water partition coefficient (Wildman–Crippen LogP) is 2.23. The maximum absolute atomic E-state index is 12.2. The first-order valence-corrected chi connectivity index (χ1v) is 5.78. The number of amides is 1. The van der Waals surface area contributed by atoms with Crippen LogP contribution in [0.1, 0.15) is 15.9 Å². The van der Waals surface area contributed by atoms with Crippen molar-refractivity contribution in [2.45, 2.75) is 6.92 Å². The number of nitrogens with zero attached hydrogens (tertiary/aromatic N) is 1. The number of nitrogens with two attached hydrogens (primary N) is 1. The second kappa shape index (κ2) is 5.39. The molecule has 0 unspecified atom stereocenters. The molecule has 0 bridgehead atoms. The van der Waals surface area contributed by atoms with Gasteiger partial charge in [0.25, 0.3) is 5.91 Å². The summed E-state index contributed by atoms with van der Waals surface area (Å²) < 4.78 is 5.14. The molecule has 2 rings (SSSR count). The fourth-order valence-corrected chi connectivity index (χ4v) is 1.68. The van der Waals surface area contributed by atoms with Gasteiger partial charge in [-0.15, -0.1) is 0 Å². The number of nitrogen functional groups attached to an aromatic ring is 1. The fourth-order valence-electron chi connectivity index (χ4n) is 1.68. The van der Waals surface area contributed by atoms with Gasteiger partial charge < -0.3 is 15.8 Å². The highest BCUT2D eigenvalue weighted by molar-refractivity contribution is 6.09. The van der Waals surface area contributed by atoms with Crippen molar-refractivity contribution in [3.05, 3.63) is 47.7 Å². The first-order chi connectivity index (χ1) is 9.11. The summed E-state index contributed by atoms with van der Waals surface area (Å²) in [5.74, 6) is 0.567. The Bertz CT molecular complexity index is 594. The number of nitrogens with one attached hydrogen (secondary N) is 1. The molecule has 19 heavy (non-hydrogen) atoms. The Hall–Kier alpha value is -2.56. The van der Waals surface area contributed by atoms with Crippen molar-refractivity contribution in [3.63, 3.8) is 0 Å². The summed E-state index contributed by atoms with van der Waals surface area (Å²) in [6.07, 6.45) is 1.68. The Labute approximate surface area is 111 Å². The molecule has 0 fully saturated rings. The van der Waals surface area contributed by atoms with Crippen LogP contribution >= 0.6 is 0 Å². The predicted molar refractivity (Wildman–Crippen MR) is 74.3 cm³/mol. The number of carbonyl (C=O) groups excluding carboxylic acids is 1. The Morgan fingerprint density at radius 1 is 1.32 bits per heavy atom. The van der Waals surface area contributed by atoms with Gasteiger partial charge in [-0.05, 0) is 30.7 Å². The fraction of sp³-hybridized carbons (Fsp3) is 0.143. The van der Waals surface area contributed by atoms with Crippen LogP contribution in [0.2, 0.25) is 0 Å². The molecular formula is C14H15N3O2. The standard InChI is InChI=1S/C14H15N3O2/c1-9-6-7-12(16-8-9)17-14(18)13-10(15)4-3-5-11(13)19-2/h3-8H,15H2,1-2H3,(H,16,17,18). The van der Waals surface area contributed by atoms with Gasteiger partial charge in [-0.2, -0.15) is 0 Å². The van der Waals surface area contributed by atoms with E-state index >= 15 is 0 Å². The Kier molecular flexibility index (Phi) is 3.66. The monoisotopic (exact) mass is 257 g/mol. The molecule has 0 atom stereocenters. The molecule has 0 aliphatic rings. The van der Waals surface area contributed by atoms with Crippen LogP contribution in [0.5, 0.6) is 5.75 Å². The smallest absolute Gasteiger partial charge is 0.262 e. The number of hydrogen-bond donors (Lipinski definition) is 2. The number of anilines is 2. The van der Waals surface area contributed by atoms with Gasteiger partial charge in [0.2, 0.25) is 0 Å². The van der Waals surface area contributed by atoms with Crippen LogP contribution in [0.25, 0.3) is 0 Å². The van der Waals surface area contributed by atoms with E-state index in [1.54, 1.807) is 30.5 Å². The second-order valence-electron chi connectivity index (χ2n) is 4.10. The van der Waals surface area contributed by atoms with Crippen molar-refractivity contribution in [2.24, 2.45) is 0 Å².